The number of nitrogens with zero attached hydrogens (tertiary/aromatic N) is 1. The van der Waals surface area contributed by atoms with Crippen molar-refractivity contribution in [3.8, 4) is 0 Å². The van der Waals surface area contributed by atoms with E-state index in [2.05, 4.69) is 15.3 Å². The van der Waals surface area contributed by atoms with Gasteiger partial charge in [0.25, 0.3) is 0 Å². The van der Waals surface area contributed by atoms with Gasteiger partial charge in [-0.05, 0) is 24.6 Å². The number of aliphatic hydroxyl groups excluding tert-OH is 1. The predicted octanol–water partition coefficient (Wildman–Crippen LogP) is 1.36. The molecule has 4 heteroatoms. The number of benzene rings is 1. The summed E-state index contributed by atoms with van der Waals surface area (Å²) in [6.45, 7) is 1.01. The van der Waals surface area contributed by atoms with Crippen LogP contribution in [0, 0.1) is 0 Å². The summed E-state index contributed by atoms with van der Waals surface area (Å²) in [6, 6.07) is 5.97. The predicted molar refractivity (Wildman–Crippen MR) is 56.3 cm³/mol. The second kappa shape index (κ2) is 4.11. The number of imidazole rings is 1. The van der Waals surface area contributed by atoms with Crippen molar-refractivity contribution < 1.29 is 5.11 Å². The number of hydrogen-bond donors (Lipinski definition) is 3. The van der Waals surface area contributed by atoms with Gasteiger partial charge >= 0.3 is 0 Å². The van der Waals surface area contributed by atoms with Gasteiger partial charge in [0, 0.05) is 18.8 Å². The maximum absolute atomic E-state index is 8.63. The first-order valence-corrected chi connectivity index (χ1v) is 4.68. The zero-order valence-corrected chi connectivity index (χ0v) is 7.83. The summed E-state index contributed by atoms with van der Waals surface area (Å²) in [5, 5.41) is 11.8. The third kappa shape index (κ3) is 1.85. The zero-order chi connectivity index (χ0) is 9.80. The maximum atomic E-state index is 8.63. The molecule has 2 rings (SSSR count). The molecule has 1 heterocycles. The van der Waals surface area contributed by atoms with Crippen LogP contribution in [0.25, 0.3) is 11.0 Å². The summed E-state index contributed by atoms with van der Waals surface area (Å²) < 4.78 is 0. The molecule has 1 aromatic carbocycles. The summed E-state index contributed by atoms with van der Waals surface area (Å²) >= 11 is 0. The second-order valence-electron chi connectivity index (χ2n) is 3.14. The van der Waals surface area contributed by atoms with Crippen LogP contribution in [0.1, 0.15) is 6.42 Å². The lowest BCUT2D eigenvalue weighted by atomic mass is 10.2. The molecule has 1 aromatic heterocycles. The van der Waals surface area contributed by atoms with E-state index < -0.39 is 0 Å². The van der Waals surface area contributed by atoms with Crippen molar-refractivity contribution in [1.82, 2.24) is 9.97 Å². The quantitative estimate of drug-likeness (QED) is 0.639. The molecule has 0 fully saturated rings. The summed E-state index contributed by atoms with van der Waals surface area (Å²) in [4.78, 5) is 7.18. The van der Waals surface area contributed by atoms with Crippen LogP contribution in [0.5, 0.6) is 0 Å². The van der Waals surface area contributed by atoms with Gasteiger partial charge in [-0.15, -0.1) is 0 Å². The fourth-order valence-corrected chi connectivity index (χ4v) is 1.36. The van der Waals surface area contributed by atoms with Gasteiger partial charge in [-0.1, -0.05) is 0 Å². The third-order valence-electron chi connectivity index (χ3n) is 2.08. The van der Waals surface area contributed by atoms with E-state index in [9.17, 15) is 0 Å². The third-order valence-corrected chi connectivity index (χ3v) is 2.08. The van der Waals surface area contributed by atoms with Crippen LogP contribution in [-0.4, -0.2) is 28.2 Å². The lowest BCUT2D eigenvalue weighted by molar-refractivity contribution is 0.292. The van der Waals surface area contributed by atoms with Crippen LogP contribution < -0.4 is 5.32 Å². The molecular formula is C10H13N3O. The van der Waals surface area contributed by atoms with Crippen LogP contribution in [0.15, 0.2) is 24.5 Å². The van der Waals surface area contributed by atoms with Crippen molar-refractivity contribution in [2.45, 2.75) is 6.42 Å². The molecule has 0 atom stereocenters. The van der Waals surface area contributed by atoms with Gasteiger partial charge in [-0.25, -0.2) is 4.98 Å². The lowest BCUT2D eigenvalue weighted by Crippen LogP contribution is -2.02. The molecule has 74 valence electrons. The first-order valence-electron chi connectivity index (χ1n) is 4.68. The molecule has 4 nitrogen and oxygen atoms in total. The van der Waals surface area contributed by atoms with Crippen molar-refractivity contribution in [2.75, 3.05) is 18.5 Å². The molecule has 2 aromatic rings. The molecule has 0 amide bonds. The molecule has 0 saturated heterocycles. The molecule has 3 N–H and O–H groups in total. The minimum absolute atomic E-state index is 0.222. The average molecular weight is 191 g/mol. The van der Waals surface area contributed by atoms with E-state index in [0.717, 1.165) is 29.7 Å². The van der Waals surface area contributed by atoms with Gasteiger partial charge in [0.15, 0.2) is 0 Å². The van der Waals surface area contributed by atoms with Gasteiger partial charge < -0.3 is 15.4 Å². The maximum Gasteiger partial charge on any atom is 0.0931 e. The highest BCUT2D eigenvalue weighted by atomic mass is 16.3. The van der Waals surface area contributed by atoms with Crippen molar-refractivity contribution in [3.63, 3.8) is 0 Å². The van der Waals surface area contributed by atoms with Crippen molar-refractivity contribution in [2.24, 2.45) is 0 Å². The number of nitrogens with one attached hydrogen (secondary N) is 2. The molecule has 0 bridgehead atoms. The van der Waals surface area contributed by atoms with E-state index in [-0.39, 0.29) is 6.61 Å². The van der Waals surface area contributed by atoms with Crippen LogP contribution in [-0.2, 0) is 0 Å². The Kier molecular flexibility index (Phi) is 2.65. The van der Waals surface area contributed by atoms with Crippen molar-refractivity contribution in [3.05, 3.63) is 24.5 Å². The normalized spacial score (nSPS) is 10.6. The number of fused-ring (bicyclic) bond motifs is 1. The first-order chi connectivity index (χ1) is 6.90. The summed E-state index contributed by atoms with van der Waals surface area (Å²) in [5.74, 6) is 0. The number of anilines is 1. The first kappa shape index (κ1) is 9.02. The molecule has 0 aliphatic rings. The highest BCUT2D eigenvalue weighted by Gasteiger charge is 1.96. The number of aromatic amines is 1. The summed E-state index contributed by atoms with van der Waals surface area (Å²) in [6.07, 6.45) is 2.45. The van der Waals surface area contributed by atoms with Crippen molar-refractivity contribution >= 4 is 16.7 Å². The van der Waals surface area contributed by atoms with Gasteiger partial charge in [0.1, 0.15) is 0 Å². The Balaban J connectivity index is 2.10. The lowest BCUT2D eigenvalue weighted by Gasteiger charge is -2.04. The number of rotatable bonds is 4. The topological polar surface area (TPSA) is 60.9 Å². The van der Waals surface area contributed by atoms with Crippen LogP contribution >= 0.6 is 0 Å². The van der Waals surface area contributed by atoms with E-state index in [0.29, 0.717) is 0 Å². The van der Waals surface area contributed by atoms with Gasteiger partial charge in [-0.3, -0.25) is 0 Å². The monoisotopic (exact) mass is 191 g/mol. The van der Waals surface area contributed by atoms with E-state index in [1.165, 1.54) is 0 Å². The Morgan fingerprint density at radius 2 is 2.36 bits per heavy atom. The molecular weight excluding hydrogens is 178 g/mol. The van der Waals surface area contributed by atoms with E-state index >= 15 is 0 Å². The standard InChI is InChI=1S/C10H13N3O/c14-5-1-4-11-8-2-3-9-10(6-8)13-7-12-9/h2-3,6-7,11,14H,1,4-5H2,(H,12,13). The molecule has 0 saturated carbocycles. The van der Waals surface area contributed by atoms with Gasteiger partial charge in [0.2, 0.25) is 0 Å². The largest absolute Gasteiger partial charge is 0.396 e. The van der Waals surface area contributed by atoms with Crippen LogP contribution in [0.4, 0.5) is 5.69 Å². The fourth-order valence-electron chi connectivity index (χ4n) is 1.36. The summed E-state index contributed by atoms with van der Waals surface area (Å²) in [7, 11) is 0. The Labute approximate surface area is 82.0 Å². The highest BCUT2D eigenvalue weighted by Crippen LogP contribution is 2.15. The van der Waals surface area contributed by atoms with E-state index in [4.69, 9.17) is 5.11 Å². The van der Waals surface area contributed by atoms with E-state index in [1.807, 2.05) is 18.2 Å². The van der Waals surface area contributed by atoms with Crippen molar-refractivity contribution in [1.29, 1.82) is 0 Å². The molecule has 0 aliphatic carbocycles. The number of aliphatic hydroxyl groups is 1. The smallest absolute Gasteiger partial charge is 0.0931 e. The fraction of sp³-hybridized carbons (Fsp3) is 0.300. The molecule has 0 aliphatic heterocycles. The molecule has 0 unspecified atom stereocenters. The summed E-state index contributed by atoms with van der Waals surface area (Å²) in [5.41, 5.74) is 3.05. The zero-order valence-electron chi connectivity index (χ0n) is 7.83. The number of H-pyrrole nitrogens is 1. The Hall–Kier alpha value is -1.55. The molecule has 0 spiro atoms. The molecule has 0 radical (unpaired) electrons. The number of aromatic nitrogens is 2. The Morgan fingerprint density at radius 1 is 1.43 bits per heavy atom. The van der Waals surface area contributed by atoms with Crippen LogP contribution in [0.2, 0.25) is 0 Å². The average Bonchev–Trinajstić information content (AvgIpc) is 2.65. The highest BCUT2D eigenvalue weighted by molar-refractivity contribution is 5.78. The Morgan fingerprint density at radius 3 is 3.21 bits per heavy atom. The van der Waals surface area contributed by atoms with Gasteiger partial charge in [-0.2, -0.15) is 0 Å². The Bertz CT molecular complexity index is 410. The second-order valence-corrected chi connectivity index (χ2v) is 3.14. The minimum Gasteiger partial charge on any atom is -0.396 e. The SMILES string of the molecule is OCCCNc1ccc2nc[nH]c2c1. The minimum atomic E-state index is 0.222. The number of hydrogen-bond acceptors (Lipinski definition) is 3. The van der Waals surface area contributed by atoms with Crippen LogP contribution in [0.3, 0.4) is 0 Å². The van der Waals surface area contributed by atoms with Gasteiger partial charge in [0.05, 0.1) is 17.4 Å². The molecule has 14 heavy (non-hydrogen) atoms. The van der Waals surface area contributed by atoms with E-state index in [1.54, 1.807) is 6.33 Å².